The van der Waals surface area contributed by atoms with Crippen molar-refractivity contribution in [2.75, 3.05) is 18.1 Å². The zero-order valence-corrected chi connectivity index (χ0v) is 22.9. The number of aryl methyl sites for hydroxylation is 1. The molecule has 0 spiro atoms. The van der Waals surface area contributed by atoms with E-state index in [1.807, 2.05) is 32.0 Å². The smallest absolute Gasteiger partial charge is 0.296 e. The van der Waals surface area contributed by atoms with Crippen molar-refractivity contribution in [1.29, 1.82) is 0 Å². The van der Waals surface area contributed by atoms with E-state index in [9.17, 15) is 14.7 Å². The molecule has 0 bridgehead atoms. The first-order valence-corrected chi connectivity index (χ1v) is 13.9. The number of carbonyl (C=O) groups is 2. The summed E-state index contributed by atoms with van der Waals surface area (Å²) in [7, 11) is 0. The fraction of sp³-hybridized carbons (Fsp3) is 0.300. The summed E-state index contributed by atoms with van der Waals surface area (Å²) in [6, 6.07) is 13.3. The highest BCUT2D eigenvalue weighted by Crippen LogP contribution is 2.46. The van der Waals surface area contributed by atoms with Crippen LogP contribution in [-0.4, -0.2) is 35.0 Å². The fourth-order valence-corrected chi connectivity index (χ4v) is 5.72. The van der Waals surface area contributed by atoms with Crippen LogP contribution in [0.25, 0.3) is 10.2 Å². The molecular weight excluding hydrogens is 516 g/mol. The zero-order chi connectivity index (χ0) is 27.5. The number of hydrogen-bond donors (Lipinski definition) is 1. The highest BCUT2D eigenvalue weighted by molar-refractivity contribution is 7.22. The average Bonchev–Trinajstić information content (AvgIpc) is 3.66. The Bertz CT molecular complexity index is 1540. The van der Waals surface area contributed by atoms with E-state index in [0.29, 0.717) is 35.4 Å². The molecule has 0 saturated carbocycles. The topological polar surface area (TPSA) is 102 Å². The van der Waals surface area contributed by atoms with E-state index >= 15 is 0 Å². The second-order valence-electron chi connectivity index (χ2n) is 9.31. The largest absolute Gasteiger partial charge is 0.503 e. The van der Waals surface area contributed by atoms with Crippen LogP contribution < -0.4 is 14.4 Å². The molecule has 1 amide bonds. The van der Waals surface area contributed by atoms with Crippen molar-refractivity contribution in [2.45, 2.75) is 46.1 Å². The predicted octanol–water partition coefficient (Wildman–Crippen LogP) is 6.95. The van der Waals surface area contributed by atoms with Gasteiger partial charge in [0.15, 0.2) is 28.1 Å². The Hall–Kier alpha value is -4.11. The maximum Gasteiger partial charge on any atom is 0.296 e. The second kappa shape index (κ2) is 11.3. The van der Waals surface area contributed by atoms with Gasteiger partial charge in [-0.2, -0.15) is 0 Å². The monoisotopic (exact) mass is 546 g/mol. The molecule has 1 unspecified atom stereocenters. The van der Waals surface area contributed by atoms with Crippen LogP contribution in [0.4, 0.5) is 5.13 Å². The van der Waals surface area contributed by atoms with Crippen molar-refractivity contribution in [2.24, 2.45) is 0 Å². The van der Waals surface area contributed by atoms with E-state index in [4.69, 9.17) is 13.9 Å². The number of unbranched alkanes of at least 4 members (excludes halogenated alkanes) is 2. The van der Waals surface area contributed by atoms with Crippen molar-refractivity contribution in [3.8, 4) is 11.5 Å². The van der Waals surface area contributed by atoms with Crippen molar-refractivity contribution in [3.05, 3.63) is 83.0 Å². The number of aromatic nitrogens is 1. The summed E-state index contributed by atoms with van der Waals surface area (Å²) < 4.78 is 18.1. The van der Waals surface area contributed by atoms with Gasteiger partial charge in [-0.3, -0.25) is 14.5 Å². The zero-order valence-electron chi connectivity index (χ0n) is 22.1. The lowest BCUT2D eigenvalue weighted by Crippen LogP contribution is -2.31. The molecule has 0 saturated heterocycles. The number of rotatable bonds is 11. The molecule has 1 N–H and O–H groups in total. The summed E-state index contributed by atoms with van der Waals surface area (Å²) in [5.41, 5.74) is 2.28. The summed E-state index contributed by atoms with van der Waals surface area (Å²) in [5.74, 6) is -0.812. The third-order valence-corrected chi connectivity index (χ3v) is 7.54. The van der Waals surface area contributed by atoms with E-state index in [0.717, 1.165) is 35.0 Å². The van der Waals surface area contributed by atoms with Gasteiger partial charge in [-0.15, -0.1) is 0 Å². The number of thiazole rings is 1. The molecule has 1 aliphatic rings. The number of ketones is 1. The number of amides is 1. The number of fused-ring (bicyclic) bond motifs is 1. The molecule has 202 valence electrons. The molecule has 0 aliphatic carbocycles. The van der Waals surface area contributed by atoms with Crippen LogP contribution in [0.1, 0.15) is 60.8 Å². The van der Waals surface area contributed by atoms with Crippen LogP contribution >= 0.6 is 11.3 Å². The number of ether oxygens (including phenoxy) is 2. The van der Waals surface area contributed by atoms with Crippen LogP contribution in [0.15, 0.2) is 70.5 Å². The number of aliphatic hydroxyl groups is 1. The third kappa shape index (κ3) is 5.14. The molecule has 8 nitrogen and oxygen atoms in total. The third-order valence-electron chi connectivity index (χ3n) is 6.53. The first-order chi connectivity index (χ1) is 18.9. The number of carbonyl (C=O) groups excluding carboxylic acids is 2. The van der Waals surface area contributed by atoms with Gasteiger partial charge in [0.25, 0.3) is 5.91 Å². The summed E-state index contributed by atoms with van der Waals surface area (Å²) in [4.78, 5) is 33.2. The molecule has 1 atom stereocenters. The number of Topliss-reactive ketones (excluding diaryl/α,β-unsaturated/α-hetero) is 1. The molecule has 1 aliphatic heterocycles. The Morgan fingerprint density at radius 3 is 2.69 bits per heavy atom. The SMILES string of the molecule is CCCCCOc1ccc(C2C(C(=O)c3ccco3)=C(O)C(=O)N2c2nc3ccc(C)cc3s2)cc1OCC. The first-order valence-electron chi connectivity index (χ1n) is 13.0. The normalized spacial score (nSPS) is 15.4. The highest BCUT2D eigenvalue weighted by Gasteiger charge is 2.46. The minimum Gasteiger partial charge on any atom is -0.503 e. The van der Waals surface area contributed by atoms with Crippen LogP contribution in [0, 0.1) is 6.92 Å². The van der Waals surface area contributed by atoms with Crippen molar-refractivity contribution >= 4 is 38.4 Å². The van der Waals surface area contributed by atoms with Gasteiger partial charge < -0.3 is 19.0 Å². The molecule has 4 aromatic rings. The quantitative estimate of drug-likeness (QED) is 0.160. The van der Waals surface area contributed by atoms with Gasteiger partial charge in [0.1, 0.15) is 0 Å². The number of benzene rings is 2. The molecular formula is C30H30N2O6S. The lowest BCUT2D eigenvalue weighted by Gasteiger charge is -2.25. The molecule has 3 heterocycles. The summed E-state index contributed by atoms with van der Waals surface area (Å²) in [5, 5.41) is 11.4. The second-order valence-corrected chi connectivity index (χ2v) is 10.3. The lowest BCUT2D eigenvalue weighted by molar-refractivity contribution is -0.117. The predicted molar refractivity (Wildman–Crippen MR) is 150 cm³/mol. The molecule has 39 heavy (non-hydrogen) atoms. The average molecular weight is 547 g/mol. The lowest BCUT2D eigenvalue weighted by atomic mass is 9.95. The number of furan rings is 1. The minimum absolute atomic E-state index is 0.0250. The van der Waals surface area contributed by atoms with Gasteiger partial charge in [0, 0.05) is 0 Å². The molecule has 2 aromatic heterocycles. The maximum atomic E-state index is 13.6. The Morgan fingerprint density at radius 2 is 1.95 bits per heavy atom. The van der Waals surface area contributed by atoms with E-state index in [1.165, 1.54) is 28.6 Å². The van der Waals surface area contributed by atoms with Gasteiger partial charge in [-0.1, -0.05) is 43.2 Å². The number of hydrogen-bond acceptors (Lipinski definition) is 8. The first kappa shape index (κ1) is 26.5. The Kier molecular flexibility index (Phi) is 7.70. The fourth-order valence-electron chi connectivity index (χ4n) is 4.63. The molecule has 5 rings (SSSR count). The van der Waals surface area contributed by atoms with Gasteiger partial charge in [-0.25, -0.2) is 4.98 Å². The molecule has 9 heteroatoms. The van der Waals surface area contributed by atoms with Crippen LogP contribution in [0.3, 0.4) is 0 Å². The summed E-state index contributed by atoms with van der Waals surface area (Å²) >= 11 is 1.32. The number of aliphatic hydroxyl groups excluding tert-OH is 1. The van der Waals surface area contributed by atoms with E-state index < -0.39 is 23.5 Å². The van der Waals surface area contributed by atoms with Gasteiger partial charge >= 0.3 is 0 Å². The maximum absolute atomic E-state index is 13.6. The van der Waals surface area contributed by atoms with Crippen molar-refractivity contribution in [1.82, 2.24) is 4.98 Å². The highest BCUT2D eigenvalue weighted by atomic mass is 32.1. The number of anilines is 1. The van der Waals surface area contributed by atoms with E-state index in [2.05, 4.69) is 11.9 Å². The Labute approximate surface area is 230 Å². The summed E-state index contributed by atoms with van der Waals surface area (Å²) in [6.07, 6.45) is 4.44. The van der Waals surface area contributed by atoms with Gasteiger partial charge in [-0.05, 0) is 67.8 Å². The van der Waals surface area contributed by atoms with Gasteiger partial charge in [0.2, 0.25) is 5.78 Å². The molecule has 0 fully saturated rings. The summed E-state index contributed by atoms with van der Waals surface area (Å²) in [6.45, 7) is 6.94. The Morgan fingerprint density at radius 1 is 1.10 bits per heavy atom. The number of nitrogens with zero attached hydrogens (tertiary/aromatic N) is 2. The van der Waals surface area contributed by atoms with Gasteiger partial charge in [0.05, 0.1) is 41.3 Å². The van der Waals surface area contributed by atoms with Crippen molar-refractivity contribution in [3.63, 3.8) is 0 Å². The van der Waals surface area contributed by atoms with Crippen molar-refractivity contribution < 1.29 is 28.6 Å². The van der Waals surface area contributed by atoms with Crippen LogP contribution in [-0.2, 0) is 4.79 Å². The Balaban J connectivity index is 1.61. The van der Waals surface area contributed by atoms with E-state index in [-0.39, 0.29) is 11.3 Å². The van der Waals surface area contributed by atoms with E-state index in [1.54, 1.807) is 24.3 Å². The van der Waals surface area contributed by atoms with Crippen LogP contribution in [0.5, 0.6) is 11.5 Å². The standard InChI is InChI=1S/C30H30N2O6S/c1-4-6-7-14-37-21-13-11-19(17-23(21)36-5-2)26-25(27(33)22-9-8-15-38-22)28(34)29(35)32(26)30-31-20-12-10-18(3)16-24(20)39-30/h8-13,15-17,26,34H,4-7,14H2,1-3H3. The minimum atomic E-state index is -0.954. The van der Waals surface area contributed by atoms with Crippen LogP contribution in [0.2, 0.25) is 0 Å². The molecule has 2 aromatic carbocycles. The molecule has 0 radical (unpaired) electrons.